The number of unbranched alkanes of at least 4 members (excludes halogenated alkanes) is 1. The fourth-order valence-corrected chi connectivity index (χ4v) is 2.84. The molecular formula is C17H31NO6. The quantitative estimate of drug-likeness (QED) is 0.500. The molecule has 1 amide bonds. The normalized spacial score (nSPS) is 34.5. The fraction of sp³-hybridized carbons (Fsp3) is 0.824. The number of aliphatic hydroxyl groups excluding tert-OH is 1. The maximum absolute atomic E-state index is 12.0. The smallest absolute Gasteiger partial charge is 0.223 e. The summed E-state index contributed by atoms with van der Waals surface area (Å²) < 4.78 is 10.9. The molecule has 7 nitrogen and oxygen atoms in total. The van der Waals surface area contributed by atoms with Crippen LogP contribution in [0.1, 0.15) is 47.0 Å². The third kappa shape index (κ3) is 5.53. The molecule has 0 spiro atoms. The number of hydrogen-bond donors (Lipinski definition) is 4. The SMILES string of the molecule is CCCC=C[C@@]1(O)O[C@H](C)[C@@H](NC(=O)CC(C)(C)O)[C@H](O)[C@H]1OC. The first-order valence-electron chi connectivity index (χ1n) is 8.34. The van der Waals surface area contributed by atoms with Crippen molar-refractivity contribution in [1.29, 1.82) is 0 Å². The highest BCUT2D eigenvalue weighted by atomic mass is 16.7. The molecule has 0 aliphatic carbocycles. The van der Waals surface area contributed by atoms with Crippen molar-refractivity contribution in [1.82, 2.24) is 5.32 Å². The van der Waals surface area contributed by atoms with Crippen LogP contribution in [0.15, 0.2) is 12.2 Å². The summed E-state index contributed by atoms with van der Waals surface area (Å²) in [5.74, 6) is -2.18. The second-order valence-electron chi connectivity index (χ2n) is 7.00. The van der Waals surface area contributed by atoms with Gasteiger partial charge in [-0.25, -0.2) is 0 Å². The molecule has 1 fully saturated rings. The topological polar surface area (TPSA) is 108 Å². The van der Waals surface area contributed by atoms with Crippen LogP contribution in [0.25, 0.3) is 0 Å². The lowest BCUT2D eigenvalue weighted by Crippen LogP contribution is -2.67. The molecule has 24 heavy (non-hydrogen) atoms. The molecule has 0 saturated carbocycles. The van der Waals surface area contributed by atoms with Crippen molar-refractivity contribution in [3.05, 3.63) is 12.2 Å². The molecule has 0 aromatic heterocycles. The van der Waals surface area contributed by atoms with Crippen LogP contribution in [0.5, 0.6) is 0 Å². The Bertz CT molecular complexity index is 447. The van der Waals surface area contributed by atoms with E-state index in [4.69, 9.17) is 9.47 Å². The summed E-state index contributed by atoms with van der Waals surface area (Å²) in [6.45, 7) is 6.72. The molecule has 7 heteroatoms. The zero-order chi connectivity index (χ0) is 18.5. The van der Waals surface area contributed by atoms with Crippen LogP contribution in [-0.4, -0.2) is 64.1 Å². The molecule has 1 aliphatic heterocycles. The third-order valence-corrected chi connectivity index (χ3v) is 3.95. The van der Waals surface area contributed by atoms with Crippen LogP contribution in [-0.2, 0) is 14.3 Å². The zero-order valence-electron chi connectivity index (χ0n) is 15.2. The molecule has 1 saturated heterocycles. The largest absolute Gasteiger partial charge is 0.390 e. The first-order chi connectivity index (χ1) is 11.0. The van der Waals surface area contributed by atoms with Gasteiger partial charge in [0.25, 0.3) is 0 Å². The summed E-state index contributed by atoms with van der Waals surface area (Å²) in [6, 6.07) is -0.760. The van der Waals surface area contributed by atoms with Crippen molar-refractivity contribution in [2.24, 2.45) is 0 Å². The van der Waals surface area contributed by atoms with Crippen molar-refractivity contribution in [3.8, 4) is 0 Å². The number of rotatable bonds is 7. The van der Waals surface area contributed by atoms with E-state index in [1.807, 2.05) is 6.92 Å². The number of ether oxygens (including phenoxy) is 2. The molecule has 140 valence electrons. The molecule has 5 atom stereocenters. The van der Waals surface area contributed by atoms with Crippen molar-refractivity contribution >= 4 is 5.91 Å². The Morgan fingerprint density at radius 1 is 1.46 bits per heavy atom. The Balaban J connectivity index is 2.88. The third-order valence-electron chi connectivity index (χ3n) is 3.95. The average molecular weight is 345 g/mol. The van der Waals surface area contributed by atoms with E-state index >= 15 is 0 Å². The molecule has 0 aromatic rings. The molecular weight excluding hydrogens is 314 g/mol. The maximum atomic E-state index is 12.0. The molecule has 0 radical (unpaired) electrons. The predicted molar refractivity (Wildman–Crippen MR) is 89.2 cm³/mol. The second-order valence-corrected chi connectivity index (χ2v) is 7.00. The van der Waals surface area contributed by atoms with Gasteiger partial charge in [-0.1, -0.05) is 19.4 Å². The first kappa shape index (κ1) is 21.1. The van der Waals surface area contributed by atoms with Crippen LogP contribution < -0.4 is 5.32 Å². The number of methoxy groups -OCH3 is 1. The van der Waals surface area contributed by atoms with Crippen LogP contribution in [0.2, 0.25) is 0 Å². The van der Waals surface area contributed by atoms with E-state index in [2.05, 4.69) is 5.32 Å². The Morgan fingerprint density at radius 2 is 2.08 bits per heavy atom. The van der Waals surface area contributed by atoms with Crippen LogP contribution in [0.4, 0.5) is 0 Å². The van der Waals surface area contributed by atoms with E-state index in [-0.39, 0.29) is 6.42 Å². The fourth-order valence-electron chi connectivity index (χ4n) is 2.84. The Kier molecular flexibility index (Phi) is 7.37. The van der Waals surface area contributed by atoms with Crippen molar-refractivity contribution in [2.45, 2.75) is 82.7 Å². The van der Waals surface area contributed by atoms with Crippen LogP contribution >= 0.6 is 0 Å². The van der Waals surface area contributed by atoms with Crippen molar-refractivity contribution in [3.63, 3.8) is 0 Å². The highest BCUT2D eigenvalue weighted by Crippen LogP contribution is 2.31. The number of carbonyl (C=O) groups excluding carboxylic acids is 1. The van der Waals surface area contributed by atoms with Gasteiger partial charge >= 0.3 is 0 Å². The number of hydrogen-bond acceptors (Lipinski definition) is 6. The molecule has 4 N–H and O–H groups in total. The monoisotopic (exact) mass is 345 g/mol. The van der Waals surface area contributed by atoms with Gasteiger partial charge in [-0.3, -0.25) is 4.79 Å². The summed E-state index contributed by atoms with van der Waals surface area (Å²) in [6.07, 6.45) is 1.97. The standard InChI is InChI=1S/C17H31NO6/c1-6-7-8-9-17(22)15(23-5)14(20)13(11(2)24-17)18-12(19)10-16(3,4)21/h8-9,11,13-15,20-22H,6-7,10H2,1-5H3,(H,18,19)/t11-,13-,14+,15-,17-/m1/s1. The number of nitrogens with one attached hydrogen (secondary N) is 1. The Hall–Kier alpha value is -0.990. The lowest BCUT2D eigenvalue weighted by Gasteiger charge is -2.47. The molecule has 0 bridgehead atoms. The van der Waals surface area contributed by atoms with Gasteiger partial charge in [0.2, 0.25) is 11.7 Å². The highest BCUT2D eigenvalue weighted by molar-refractivity contribution is 5.77. The average Bonchev–Trinajstić information content (AvgIpc) is 2.42. The zero-order valence-corrected chi connectivity index (χ0v) is 15.2. The summed E-state index contributed by atoms with van der Waals surface area (Å²) in [5.41, 5.74) is -1.15. The summed E-state index contributed by atoms with van der Waals surface area (Å²) >= 11 is 0. The van der Waals surface area contributed by atoms with E-state index in [1.165, 1.54) is 27.0 Å². The number of amides is 1. The van der Waals surface area contributed by atoms with E-state index < -0.39 is 41.6 Å². The van der Waals surface area contributed by atoms with Crippen molar-refractivity contribution in [2.75, 3.05) is 7.11 Å². The van der Waals surface area contributed by atoms with Gasteiger partial charge in [0.15, 0.2) is 0 Å². The lowest BCUT2D eigenvalue weighted by atomic mass is 9.90. The molecule has 0 unspecified atom stereocenters. The van der Waals surface area contributed by atoms with Gasteiger partial charge in [-0.2, -0.15) is 0 Å². The summed E-state index contributed by atoms with van der Waals surface area (Å²) in [4.78, 5) is 12.0. The van der Waals surface area contributed by atoms with Gasteiger partial charge < -0.3 is 30.1 Å². The molecule has 1 aliphatic rings. The number of aliphatic hydroxyl groups is 3. The van der Waals surface area contributed by atoms with Gasteiger partial charge in [-0.15, -0.1) is 0 Å². The Morgan fingerprint density at radius 3 is 2.58 bits per heavy atom. The van der Waals surface area contributed by atoms with E-state index in [0.717, 1.165) is 12.8 Å². The first-order valence-corrected chi connectivity index (χ1v) is 8.34. The summed E-state index contributed by atoms with van der Waals surface area (Å²) in [5, 5.41) is 33.6. The van der Waals surface area contributed by atoms with Gasteiger partial charge in [-0.05, 0) is 33.3 Å². The highest BCUT2D eigenvalue weighted by Gasteiger charge is 2.52. The molecule has 0 aromatic carbocycles. The number of allylic oxidation sites excluding steroid dienone is 1. The predicted octanol–water partition coefficient (Wildman–Crippen LogP) is 0.472. The van der Waals surface area contributed by atoms with Gasteiger partial charge in [0.05, 0.1) is 24.2 Å². The van der Waals surface area contributed by atoms with Gasteiger partial charge in [0.1, 0.15) is 12.2 Å². The van der Waals surface area contributed by atoms with Gasteiger partial charge in [0, 0.05) is 7.11 Å². The van der Waals surface area contributed by atoms with E-state index in [1.54, 1.807) is 13.0 Å². The van der Waals surface area contributed by atoms with Crippen LogP contribution in [0, 0.1) is 0 Å². The lowest BCUT2D eigenvalue weighted by molar-refractivity contribution is -0.305. The van der Waals surface area contributed by atoms with Crippen molar-refractivity contribution < 1.29 is 29.6 Å². The minimum atomic E-state index is -1.76. The maximum Gasteiger partial charge on any atom is 0.223 e. The van der Waals surface area contributed by atoms with E-state index in [9.17, 15) is 20.1 Å². The minimum absolute atomic E-state index is 0.110. The molecule has 1 rings (SSSR count). The minimum Gasteiger partial charge on any atom is -0.390 e. The second kappa shape index (κ2) is 8.40. The van der Waals surface area contributed by atoms with E-state index in [0.29, 0.717) is 0 Å². The number of carbonyl (C=O) groups is 1. The molecule has 1 heterocycles. The van der Waals surface area contributed by atoms with Crippen LogP contribution in [0.3, 0.4) is 0 Å². The summed E-state index contributed by atoms with van der Waals surface area (Å²) in [7, 11) is 1.36. The Labute approximate surface area is 143 Å².